The van der Waals surface area contributed by atoms with E-state index in [1.54, 1.807) is 0 Å². The van der Waals surface area contributed by atoms with Crippen LogP contribution in [0.5, 0.6) is 6.01 Å². The molecule has 2 unspecified atom stereocenters. The number of likely N-dealkylation sites (N-methyl/N-ethyl adjacent to an activating group) is 2. The number of nitrogens with zero attached hydrogens (tertiary/aromatic N) is 12. The summed E-state index contributed by atoms with van der Waals surface area (Å²) in [5.74, 6) is 5.44. The van der Waals surface area contributed by atoms with Crippen molar-refractivity contribution in [2.45, 2.75) is 140 Å². The van der Waals surface area contributed by atoms with Crippen LogP contribution in [-0.4, -0.2) is 143 Å². The number of nitrogens with one attached hydrogen (secondary N) is 2. The van der Waals surface area contributed by atoms with Crippen molar-refractivity contribution in [1.82, 2.24) is 59.5 Å². The Hall–Kier alpha value is -5.49. The summed E-state index contributed by atoms with van der Waals surface area (Å²) in [4.78, 5) is 49.7. The van der Waals surface area contributed by atoms with E-state index in [2.05, 4.69) is 117 Å². The van der Waals surface area contributed by atoms with E-state index in [1.165, 1.54) is 97.6 Å². The average Bonchev–Trinajstić information content (AvgIpc) is 4.37. The van der Waals surface area contributed by atoms with Gasteiger partial charge in [0.2, 0.25) is 5.28 Å². The zero-order chi connectivity index (χ0) is 52.2. The lowest BCUT2D eigenvalue weighted by atomic mass is 9.94. The summed E-state index contributed by atoms with van der Waals surface area (Å²) in [6.07, 6.45) is 23.8. The number of hydrogen-bond donors (Lipinski definition) is 3. The highest BCUT2D eigenvalue weighted by molar-refractivity contribution is 6.28. The van der Waals surface area contributed by atoms with Gasteiger partial charge >= 0.3 is 6.01 Å². The fourth-order valence-electron chi connectivity index (χ4n) is 14.1. The minimum Gasteiger partial charge on any atom is -0.462 e. The van der Waals surface area contributed by atoms with E-state index < -0.39 is 0 Å². The smallest absolute Gasteiger partial charge is 0.318 e. The third-order valence-corrected chi connectivity index (χ3v) is 18.4. The highest BCUT2D eigenvalue weighted by atomic mass is 35.5. The van der Waals surface area contributed by atoms with Crippen LogP contribution in [0.25, 0.3) is 0 Å². The van der Waals surface area contributed by atoms with Crippen molar-refractivity contribution in [1.29, 1.82) is 0 Å². The Morgan fingerprint density at radius 1 is 0.597 bits per heavy atom. The summed E-state index contributed by atoms with van der Waals surface area (Å²) in [5.41, 5.74) is 10.8. The predicted octanol–water partition coefficient (Wildman–Crippen LogP) is 8.52. The molecule has 8 aliphatic rings. The largest absolute Gasteiger partial charge is 0.462 e. The van der Waals surface area contributed by atoms with Crippen LogP contribution in [0.3, 0.4) is 0 Å². The molecule has 17 heteroatoms. The topological polar surface area (TPSA) is 158 Å². The van der Waals surface area contributed by atoms with Crippen LogP contribution < -0.4 is 14.5 Å². The monoisotopic (exact) mass is 1060 g/mol. The summed E-state index contributed by atoms with van der Waals surface area (Å²) in [6.45, 7) is 10.9. The molecule has 0 spiro atoms. The fraction of sp³-hybridized carbons (Fsp3) is 0.567. The molecule has 3 N–H and O–H groups in total. The number of halogens is 1. The van der Waals surface area contributed by atoms with Crippen molar-refractivity contribution >= 4 is 23.2 Å². The van der Waals surface area contributed by atoms with Crippen LogP contribution >= 0.6 is 11.6 Å². The van der Waals surface area contributed by atoms with Gasteiger partial charge in [0, 0.05) is 125 Å². The van der Waals surface area contributed by atoms with Gasteiger partial charge in [-0.15, -0.1) is 0 Å². The van der Waals surface area contributed by atoms with Gasteiger partial charge in [0.05, 0.1) is 18.0 Å². The van der Waals surface area contributed by atoms with E-state index >= 15 is 0 Å². The van der Waals surface area contributed by atoms with E-state index in [-0.39, 0.29) is 0 Å². The number of piperidine rings is 2. The van der Waals surface area contributed by atoms with Gasteiger partial charge in [0.25, 0.3) is 0 Å². The predicted molar refractivity (Wildman–Crippen MR) is 301 cm³/mol. The van der Waals surface area contributed by atoms with E-state index in [9.17, 15) is 0 Å². The molecule has 0 amide bonds. The second-order valence-electron chi connectivity index (χ2n) is 23.2. The molecule has 4 fully saturated rings. The van der Waals surface area contributed by atoms with Crippen LogP contribution in [0.4, 0.5) is 11.6 Å². The molecule has 0 radical (unpaired) electrons. The summed E-state index contributed by atoms with van der Waals surface area (Å²) < 4.78 is 6.32. The lowest BCUT2D eigenvalue weighted by Crippen LogP contribution is -2.38. The maximum atomic E-state index is 8.69. The molecule has 77 heavy (non-hydrogen) atoms. The fourth-order valence-corrected chi connectivity index (χ4v) is 14.3. The molecular weight excluding hydrogens is 984 g/mol. The summed E-state index contributed by atoms with van der Waals surface area (Å²) >= 11 is 6.41. The number of benzene rings is 2. The van der Waals surface area contributed by atoms with Gasteiger partial charge in [-0.05, 0) is 150 Å². The van der Waals surface area contributed by atoms with Gasteiger partial charge < -0.3 is 39.4 Å². The van der Waals surface area contributed by atoms with Crippen LogP contribution in [-0.2, 0) is 51.9 Å². The van der Waals surface area contributed by atoms with Crippen LogP contribution in [0, 0.1) is 11.8 Å². The Balaban J connectivity index is 0.000000137. The van der Waals surface area contributed by atoms with Crippen LogP contribution in [0.2, 0.25) is 5.28 Å². The van der Waals surface area contributed by atoms with Gasteiger partial charge in [0.15, 0.2) is 0 Å². The molecule has 6 aliphatic heterocycles. The maximum absolute atomic E-state index is 8.69. The van der Waals surface area contributed by atoms with Crippen molar-refractivity contribution in [3.63, 3.8) is 0 Å². The van der Waals surface area contributed by atoms with E-state index in [0.717, 1.165) is 126 Å². The first-order valence-corrected chi connectivity index (χ1v) is 29.4. The second-order valence-corrected chi connectivity index (χ2v) is 23.6. The Bertz CT molecular complexity index is 2900. The number of imidazole rings is 2. The van der Waals surface area contributed by atoms with E-state index in [4.69, 9.17) is 36.4 Å². The van der Waals surface area contributed by atoms with Crippen molar-refractivity contribution in [3.8, 4) is 6.01 Å². The number of ether oxygens (including phenoxy) is 1. The number of aliphatic hydroxyl groups is 1. The molecule has 4 aromatic heterocycles. The molecule has 0 saturated carbocycles. The molecule has 16 nitrogen and oxygen atoms in total. The van der Waals surface area contributed by atoms with Gasteiger partial charge in [-0.2, -0.15) is 9.97 Å². The highest BCUT2D eigenvalue weighted by Gasteiger charge is 2.38. The maximum Gasteiger partial charge on any atom is 0.318 e. The lowest BCUT2D eigenvalue weighted by Gasteiger charge is -2.34. The Labute approximate surface area is 460 Å². The second kappa shape index (κ2) is 23.9. The zero-order valence-electron chi connectivity index (χ0n) is 45.4. The lowest BCUT2D eigenvalue weighted by molar-refractivity contribution is 0.182. The molecule has 10 heterocycles. The van der Waals surface area contributed by atoms with E-state index in [1.807, 2.05) is 24.8 Å². The highest BCUT2D eigenvalue weighted by Crippen LogP contribution is 2.44. The number of fused-ring (bicyclic) bond motifs is 4. The van der Waals surface area contributed by atoms with Gasteiger partial charge in [0.1, 0.15) is 29.9 Å². The Kier molecular flexibility index (Phi) is 16.2. The van der Waals surface area contributed by atoms with Crippen molar-refractivity contribution in [2.24, 2.45) is 11.8 Å². The van der Waals surface area contributed by atoms with Gasteiger partial charge in [-0.1, -0.05) is 48.5 Å². The van der Waals surface area contributed by atoms with Gasteiger partial charge in [-0.3, -0.25) is 9.80 Å². The number of aryl methyl sites for hydroxylation is 2. The minimum atomic E-state index is 0.330. The van der Waals surface area contributed by atoms with Crippen LogP contribution in [0.15, 0.2) is 73.3 Å². The standard InChI is InChI=1S/C30H39N7O.C24H27ClN6.C6H13NO/c1-35-14-5-8-23(35)20-38-30-33-26-19-37(27-11-10-22-7-2-3-9-24(22)27)18-25(26)29(34-30)36-15-4-6-21(17-36)16-28-31-12-13-32-28;25-24-28-20-15-31(21-8-7-17-5-1-2-6-18(17)21)14-19(20)23(29-24)30-11-3-4-16(13-30)12-22-26-9-10-27-22;1-7-4-2-3-6(7)5-8/h2-3,7,9,12-13,21,23,27H,4-6,8,10-11,14-20H2,1H3,(H,31,32);1-2,5-6,9-10,16,21H,3-4,7-8,11-15H2,(H,26,27);6,8H,2-5H2,1H3/t21-,23-,27?;16-,21?;6-/m000/s1. The minimum absolute atomic E-state index is 0.330. The number of anilines is 2. The van der Waals surface area contributed by atoms with Crippen molar-refractivity contribution in [2.75, 3.05) is 76.4 Å². The first-order valence-electron chi connectivity index (χ1n) is 29.0. The zero-order valence-corrected chi connectivity index (χ0v) is 46.1. The molecule has 6 aromatic rings. The number of rotatable bonds is 12. The normalized spacial score (nSPS) is 25.2. The number of H-pyrrole nitrogens is 2. The van der Waals surface area contributed by atoms with Crippen LogP contribution in [0.1, 0.15) is 133 Å². The Morgan fingerprint density at radius 2 is 1.12 bits per heavy atom. The number of aromatic amines is 2. The third kappa shape index (κ3) is 11.8. The molecule has 4 saturated heterocycles. The summed E-state index contributed by atoms with van der Waals surface area (Å²) in [5, 5.41) is 9.07. The van der Waals surface area contributed by atoms with Crippen molar-refractivity contribution in [3.05, 3.63) is 135 Å². The third-order valence-electron chi connectivity index (χ3n) is 18.3. The number of aliphatic hydroxyl groups excluding tert-OH is 1. The van der Waals surface area contributed by atoms with E-state index in [0.29, 0.717) is 60.5 Å². The molecular formula is C60H79ClN14O2. The van der Waals surface area contributed by atoms with Gasteiger partial charge in [-0.25, -0.2) is 19.9 Å². The number of hydrogen-bond acceptors (Lipinski definition) is 14. The number of likely N-dealkylation sites (tertiary alicyclic amines) is 2. The molecule has 14 rings (SSSR count). The molecule has 408 valence electrons. The molecule has 0 bridgehead atoms. The SMILES string of the molecule is CN1CCC[C@H]1CO.CN1CCC[C@H]1COc1nc2c(c(N3CCC[C@@H](Cc4ncc[nH]4)C3)n1)CN(C1CCc3ccccc31)C2.Clc1nc2c(c(N3CCC[C@@H](Cc4ncc[nH]4)C3)n1)CN(C1CCc3ccccc31)C2. The molecule has 6 atom stereocenters. The first-order chi connectivity index (χ1) is 37.8. The molecule has 2 aromatic carbocycles. The average molecular weight is 1060 g/mol. The Morgan fingerprint density at radius 3 is 1.62 bits per heavy atom. The van der Waals surface area contributed by atoms with Crippen molar-refractivity contribution < 1.29 is 9.84 Å². The first kappa shape index (κ1) is 52.2. The summed E-state index contributed by atoms with van der Waals surface area (Å²) in [7, 11) is 4.26. The quantitative estimate of drug-likeness (QED) is 0.100. The molecule has 2 aliphatic carbocycles. The number of aromatic nitrogens is 8. The summed E-state index contributed by atoms with van der Waals surface area (Å²) in [6, 6.07) is 20.2.